The SMILES string of the molecule is CC/C=C/C=C/C=C/C=C/C=C/CCCC(=O)OC(COC(=O)CCCCC/C=C/C=C/C=C/C=C/CC)COC(=O)CCCCCCCCC/C=C/C=C/C=C/CC. The average Bonchev–Trinajstić information content (AvgIpc) is 3.23. The van der Waals surface area contributed by atoms with Crippen molar-refractivity contribution < 1.29 is 28.6 Å². The minimum absolute atomic E-state index is 0.133. The van der Waals surface area contributed by atoms with E-state index in [2.05, 4.69) is 75.5 Å². The molecule has 326 valence electrons. The Morgan fingerprint density at radius 1 is 0.339 bits per heavy atom. The van der Waals surface area contributed by atoms with Crippen LogP contribution in [0, 0.1) is 0 Å². The van der Waals surface area contributed by atoms with Crippen molar-refractivity contribution in [3.05, 3.63) is 146 Å². The first-order chi connectivity index (χ1) is 29.0. The molecule has 0 spiro atoms. The van der Waals surface area contributed by atoms with Gasteiger partial charge in [0.1, 0.15) is 13.2 Å². The number of carbonyl (C=O) groups is 3. The fraction of sp³-hybridized carbons (Fsp3) is 0.491. The normalized spacial score (nSPS) is 13.5. The summed E-state index contributed by atoms with van der Waals surface area (Å²) in [5.41, 5.74) is 0. The molecule has 0 aromatic rings. The summed E-state index contributed by atoms with van der Waals surface area (Å²) in [5, 5.41) is 0. The maximum atomic E-state index is 12.7. The molecule has 0 saturated carbocycles. The van der Waals surface area contributed by atoms with Gasteiger partial charge in [-0.1, -0.05) is 205 Å². The van der Waals surface area contributed by atoms with Crippen molar-refractivity contribution in [2.24, 2.45) is 0 Å². The van der Waals surface area contributed by atoms with Crippen LogP contribution in [0.5, 0.6) is 0 Å². The summed E-state index contributed by atoms with van der Waals surface area (Å²) >= 11 is 0. The quantitative estimate of drug-likeness (QED) is 0.0269. The molecule has 0 aromatic heterocycles. The second-order valence-electron chi connectivity index (χ2n) is 14.1. The molecule has 0 saturated heterocycles. The van der Waals surface area contributed by atoms with Crippen molar-refractivity contribution in [3.63, 3.8) is 0 Å². The standard InChI is InChI=1S/C53H78O6/c1-4-7-10-13-16-19-22-25-26-29-31-34-37-40-43-46-52(55)58-49-50(59-53(56)47-44-41-38-35-32-28-24-21-18-15-12-9-6-3)48-57-51(54)45-42-39-36-33-30-27-23-20-17-14-11-8-5-2/h7-24,27-28,30,32,35,38,50H,4-6,25-26,29,31,33-34,36-37,39-49H2,1-3H3/b10-7+,11-8+,12-9+,16-13+,17-14+,18-15+,22-19+,23-20+,24-21+,30-27+,32-28+,38-35+. The molecule has 0 heterocycles. The number of hydrogen-bond acceptors (Lipinski definition) is 6. The summed E-state index contributed by atoms with van der Waals surface area (Å²) in [6, 6.07) is 0. The lowest BCUT2D eigenvalue weighted by atomic mass is 10.1. The van der Waals surface area contributed by atoms with Crippen LogP contribution in [-0.2, 0) is 28.6 Å². The van der Waals surface area contributed by atoms with Crippen LogP contribution in [0.25, 0.3) is 0 Å². The minimum Gasteiger partial charge on any atom is -0.462 e. The fourth-order valence-corrected chi connectivity index (χ4v) is 5.30. The van der Waals surface area contributed by atoms with Crippen LogP contribution >= 0.6 is 0 Å². The minimum atomic E-state index is -0.841. The maximum Gasteiger partial charge on any atom is 0.306 e. The molecule has 0 aliphatic carbocycles. The molecule has 6 heteroatoms. The lowest BCUT2D eigenvalue weighted by Crippen LogP contribution is -2.30. The van der Waals surface area contributed by atoms with E-state index in [0.29, 0.717) is 25.7 Å². The van der Waals surface area contributed by atoms with Gasteiger partial charge < -0.3 is 14.2 Å². The van der Waals surface area contributed by atoms with Crippen LogP contribution in [0.3, 0.4) is 0 Å². The van der Waals surface area contributed by atoms with Gasteiger partial charge in [-0.15, -0.1) is 0 Å². The first-order valence-electron chi connectivity index (χ1n) is 22.5. The molecule has 0 aliphatic heterocycles. The number of ether oxygens (including phenoxy) is 3. The van der Waals surface area contributed by atoms with Gasteiger partial charge in [-0.3, -0.25) is 14.4 Å². The maximum absolute atomic E-state index is 12.7. The Labute approximate surface area is 359 Å². The highest BCUT2D eigenvalue weighted by Gasteiger charge is 2.19. The third kappa shape index (κ3) is 44.2. The topological polar surface area (TPSA) is 78.9 Å². The van der Waals surface area contributed by atoms with Gasteiger partial charge >= 0.3 is 17.9 Å². The van der Waals surface area contributed by atoms with Crippen LogP contribution in [0.1, 0.15) is 149 Å². The monoisotopic (exact) mass is 811 g/mol. The van der Waals surface area contributed by atoms with E-state index < -0.39 is 12.1 Å². The number of unbranched alkanes of at least 4 members (excludes halogenated alkanes) is 11. The summed E-state index contributed by atoms with van der Waals surface area (Å²) in [4.78, 5) is 37.8. The van der Waals surface area contributed by atoms with Gasteiger partial charge in [0.15, 0.2) is 6.10 Å². The molecule has 0 rings (SSSR count). The van der Waals surface area contributed by atoms with Gasteiger partial charge in [0.05, 0.1) is 0 Å². The predicted molar refractivity (Wildman–Crippen MR) is 251 cm³/mol. The molecular weight excluding hydrogens is 733 g/mol. The lowest BCUT2D eigenvalue weighted by molar-refractivity contribution is -0.167. The van der Waals surface area contributed by atoms with E-state index >= 15 is 0 Å². The Kier molecular flexibility index (Phi) is 42.3. The zero-order chi connectivity index (χ0) is 43.0. The van der Waals surface area contributed by atoms with E-state index in [0.717, 1.165) is 70.6 Å². The number of allylic oxidation sites excluding steroid dienone is 24. The molecule has 6 nitrogen and oxygen atoms in total. The number of carbonyl (C=O) groups excluding carboxylic acids is 3. The molecule has 0 fully saturated rings. The van der Waals surface area contributed by atoms with E-state index in [-0.39, 0.29) is 38.0 Å². The lowest BCUT2D eigenvalue weighted by Gasteiger charge is -2.18. The highest BCUT2D eigenvalue weighted by Crippen LogP contribution is 2.12. The van der Waals surface area contributed by atoms with E-state index in [9.17, 15) is 14.4 Å². The van der Waals surface area contributed by atoms with Gasteiger partial charge in [0.2, 0.25) is 0 Å². The molecule has 1 unspecified atom stereocenters. The van der Waals surface area contributed by atoms with Crippen molar-refractivity contribution >= 4 is 17.9 Å². The van der Waals surface area contributed by atoms with E-state index in [4.69, 9.17) is 14.2 Å². The average molecular weight is 811 g/mol. The van der Waals surface area contributed by atoms with Gasteiger partial charge in [-0.25, -0.2) is 0 Å². The van der Waals surface area contributed by atoms with Gasteiger partial charge in [-0.05, 0) is 70.6 Å². The highest BCUT2D eigenvalue weighted by atomic mass is 16.6. The van der Waals surface area contributed by atoms with Crippen molar-refractivity contribution in [1.82, 2.24) is 0 Å². The summed E-state index contributed by atoms with van der Waals surface area (Å²) in [7, 11) is 0. The van der Waals surface area contributed by atoms with Crippen molar-refractivity contribution in [1.29, 1.82) is 0 Å². The zero-order valence-electron chi connectivity index (χ0n) is 36.9. The van der Waals surface area contributed by atoms with E-state index in [1.165, 1.54) is 19.3 Å². The largest absolute Gasteiger partial charge is 0.462 e. The van der Waals surface area contributed by atoms with Crippen LogP contribution in [-0.4, -0.2) is 37.2 Å². The van der Waals surface area contributed by atoms with Crippen LogP contribution in [0.15, 0.2) is 146 Å². The highest BCUT2D eigenvalue weighted by molar-refractivity contribution is 5.71. The first-order valence-corrected chi connectivity index (χ1v) is 22.5. The fourth-order valence-electron chi connectivity index (χ4n) is 5.30. The first kappa shape index (κ1) is 54.3. The van der Waals surface area contributed by atoms with Gasteiger partial charge in [0.25, 0.3) is 0 Å². The number of rotatable bonds is 37. The zero-order valence-corrected chi connectivity index (χ0v) is 36.9. The van der Waals surface area contributed by atoms with Crippen LogP contribution < -0.4 is 0 Å². The molecule has 0 N–H and O–H groups in total. The third-order valence-corrected chi connectivity index (χ3v) is 8.60. The molecule has 0 amide bonds. The smallest absolute Gasteiger partial charge is 0.306 e. The predicted octanol–water partition coefficient (Wildman–Crippen LogP) is 14.5. The second-order valence-corrected chi connectivity index (χ2v) is 14.1. The van der Waals surface area contributed by atoms with Crippen molar-refractivity contribution in [2.45, 2.75) is 155 Å². The molecular formula is C53H78O6. The van der Waals surface area contributed by atoms with Crippen molar-refractivity contribution in [2.75, 3.05) is 13.2 Å². The second kappa shape index (κ2) is 46.0. The Balaban J connectivity index is 4.61. The Morgan fingerprint density at radius 2 is 0.627 bits per heavy atom. The number of hydrogen-bond donors (Lipinski definition) is 0. The van der Waals surface area contributed by atoms with Crippen molar-refractivity contribution in [3.8, 4) is 0 Å². The molecule has 0 bridgehead atoms. The van der Waals surface area contributed by atoms with Gasteiger partial charge in [0, 0.05) is 19.3 Å². The summed E-state index contributed by atoms with van der Waals surface area (Å²) in [5.74, 6) is -1.08. The molecule has 1 atom stereocenters. The molecule has 0 aromatic carbocycles. The number of esters is 3. The third-order valence-electron chi connectivity index (χ3n) is 8.60. The van der Waals surface area contributed by atoms with E-state index in [1.807, 2.05) is 91.1 Å². The molecule has 0 aliphatic rings. The Hall–Kier alpha value is -4.71. The van der Waals surface area contributed by atoms with Gasteiger partial charge in [-0.2, -0.15) is 0 Å². The van der Waals surface area contributed by atoms with E-state index in [1.54, 1.807) is 0 Å². The van der Waals surface area contributed by atoms with Crippen LogP contribution in [0.2, 0.25) is 0 Å². The molecule has 59 heavy (non-hydrogen) atoms. The summed E-state index contributed by atoms with van der Waals surface area (Å²) in [6.45, 7) is 6.07. The molecule has 0 radical (unpaired) electrons. The summed E-state index contributed by atoms with van der Waals surface area (Å²) in [6.07, 6.45) is 65.5. The summed E-state index contributed by atoms with van der Waals surface area (Å²) < 4.78 is 16.6. The van der Waals surface area contributed by atoms with Crippen LogP contribution in [0.4, 0.5) is 0 Å². The Morgan fingerprint density at radius 3 is 1.02 bits per heavy atom. The Bertz CT molecular complexity index is 1390.